The molecule has 3 aromatic rings. The Morgan fingerprint density at radius 1 is 1.10 bits per heavy atom. The van der Waals surface area contributed by atoms with Gasteiger partial charge in [0.1, 0.15) is 11.5 Å². The highest BCUT2D eigenvalue weighted by atomic mass is 16.3. The fourth-order valence-corrected chi connectivity index (χ4v) is 3.91. The van der Waals surface area contributed by atoms with E-state index in [1.807, 2.05) is 80.3 Å². The second-order valence-corrected chi connectivity index (χ2v) is 8.63. The number of furan rings is 1. The number of hydrogen-bond acceptors (Lipinski definition) is 3. The summed E-state index contributed by atoms with van der Waals surface area (Å²) in [5.74, 6) is 2.13. The molecule has 160 valence electrons. The molecular weight excluding hydrogens is 388 g/mol. The zero-order valence-corrected chi connectivity index (χ0v) is 18.3. The first-order chi connectivity index (χ1) is 14.9. The van der Waals surface area contributed by atoms with Crippen molar-refractivity contribution in [1.82, 2.24) is 4.90 Å². The van der Waals surface area contributed by atoms with Crippen LogP contribution in [0.5, 0.6) is 0 Å². The van der Waals surface area contributed by atoms with E-state index < -0.39 is 0 Å². The topological polar surface area (TPSA) is 62.6 Å². The van der Waals surface area contributed by atoms with Crippen molar-refractivity contribution in [1.29, 1.82) is 0 Å². The molecule has 5 nitrogen and oxygen atoms in total. The predicted molar refractivity (Wildman–Crippen MR) is 122 cm³/mol. The maximum Gasteiger partial charge on any atom is 0.254 e. The molecule has 31 heavy (non-hydrogen) atoms. The van der Waals surface area contributed by atoms with Gasteiger partial charge in [-0.2, -0.15) is 0 Å². The number of fused-ring (bicyclic) bond motifs is 1. The highest BCUT2D eigenvalue weighted by Gasteiger charge is 2.25. The van der Waals surface area contributed by atoms with Crippen LogP contribution in [0.25, 0.3) is 11.3 Å². The van der Waals surface area contributed by atoms with Crippen LogP contribution in [0.4, 0.5) is 5.69 Å². The van der Waals surface area contributed by atoms with Crippen molar-refractivity contribution in [2.24, 2.45) is 5.92 Å². The van der Waals surface area contributed by atoms with Gasteiger partial charge in [0, 0.05) is 48.3 Å². The largest absolute Gasteiger partial charge is 0.461 e. The lowest BCUT2D eigenvalue weighted by molar-refractivity contribution is -0.116. The number of anilines is 1. The number of rotatable bonds is 5. The Bertz CT molecular complexity index is 1100. The van der Waals surface area contributed by atoms with E-state index in [1.165, 1.54) is 0 Å². The molecule has 1 aliphatic rings. The first-order valence-corrected chi connectivity index (χ1v) is 10.8. The van der Waals surface area contributed by atoms with E-state index in [4.69, 9.17) is 4.42 Å². The minimum Gasteiger partial charge on any atom is -0.461 e. The van der Waals surface area contributed by atoms with E-state index in [-0.39, 0.29) is 11.8 Å². The molecule has 0 aliphatic carbocycles. The van der Waals surface area contributed by atoms with Crippen LogP contribution in [-0.4, -0.2) is 23.3 Å². The third-order valence-corrected chi connectivity index (χ3v) is 5.47. The van der Waals surface area contributed by atoms with Gasteiger partial charge in [0.25, 0.3) is 5.91 Å². The Balaban J connectivity index is 1.45. The summed E-state index contributed by atoms with van der Waals surface area (Å²) < 4.78 is 6.09. The number of benzene rings is 2. The molecule has 0 bridgehead atoms. The second kappa shape index (κ2) is 8.80. The number of nitrogens with zero attached hydrogens (tertiary/aromatic N) is 1. The van der Waals surface area contributed by atoms with Crippen molar-refractivity contribution >= 4 is 17.5 Å². The molecule has 5 heteroatoms. The van der Waals surface area contributed by atoms with Crippen molar-refractivity contribution in [3.05, 3.63) is 77.0 Å². The molecule has 2 amide bonds. The maximum absolute atomic E-state index is 12.9. The molecule has 1 aliphatic heterocycles. The Labute approximate surface area is 183 Å². The van der Waals surface area contributed by atoms with Crippen molar-refractivity contribution in [3.8, 4) is 11.3 Å². The highest BCUT2D eigenvalue weighted by molar-refractivity contribution is 5.94. The SMILES string of the molecule is Cc1cccc(C(=O)N2CCc3oc(-c4ccc(NC(=O)CC(C)C)cc4)cc3C2)c1. The predicted octanol–water partition coefficient (Wildman–Crippen LogP) is 5.44. The van der Waals surface area contributed by atoms with Crippen molar-refractivity contribution in [3.63, 3.8) is 0 Å². The van der Waals surface area contributed by atoms with E-state index in [2.05, 4.69) is 5.32 Å². The van der Waals surface area contributed by atoms with Gasteiger partial charge in [0.15, 0.2) is 0 Å². The van der Waals surface area contributed by atoms with Gasteiger partial charge >= 0.3 is 0 Å². The summed E-state index contributed by atoms with van der Waals surface area (Å²) in [5.41, 5.74) is 4.59. The van der Waals surface area contributed by atoms with E-state index in [9.17, 15) is 9.59 Å². The molecule has 2 aromatic carbocycles. The molecule has 1 aromatic heterocycles. The smallest absolute Gasteiger partial charge is 0.254 e. The fourth-order valence-electron chi connectivity index (χ4n) is 3.91. The van der Waals surface area contributed by atoms with E-state index in [0.29, 0.717) is 31.8 Å². The summed E-state index contributed by atoms with van der Waals surface area (Å²) in [4.78, 5) is 26.7. The quantitative estimate of drug-likeness (QED) is 0.603. The average Bonchev–Trinajstić information content (AvgIpc) is 3.16. The lowest BCUT2D eigenvalue weighted by Crippen LogP contribution is -2.35. The van der Waals surface area contributed by atoms with Gasteiger partial charge in [-0.15, -0.1) is 0 Å². The Morgan fingerprint density at radius 2 is 1.87 bits per heavy atom. The minimum atomic E-state index is 0.0228. The van der Waals surface area contributed by atoms with Gasteiger partial charge in [0.05, 0.1) is 0 Å². The van der Waals surface area contributed by atoms with E-state index in [1.54, 1.807) is 0 Å². The van der Waals surface area contributed by atoms with Crippen LogP contribution in [-0.2, 0) is 17.8 Å². The zero-order valence-electron chi connectivity index (χ0n) is 18.3. The number of nitrogens with one attached hydrogen (secondary N) is 1. The average molecular weight is 417 g/mol. The van der Waals surface area contributed by atoms with Gasteiger partial charge < -0.3 is 14.6 Å². The Morgan fingerprint density at radius 3 is 2.58 bits per heavy atom. The molecule has 0 unspecified atom stereocenters. The van der Waals surface area contributed by atoms with Crippen LogP contribution < -0.4 is 5.32 Å². The maximum atomic E-state index is 12.9. The van der Waals surface area contributed by atoms with Crippen molar-refractivity contribution in [2.75, 3.05) is 11.9 Å². The summed E-state index contributed by atoms with van der Waals surface area (Å²) in [5, 5.41) is 2.92. The first-order valence-electron chi connectivity index (χ1n) is 10.8. The summed E-state index contributed by atoms with van der Waals surface area (Å²) in [7, 11) is 0. The summed E-state index contributed by atoms with van der Waals surface area (Å²) in [6.07, 6.45) is 1.21. The molecule has 4 rings (SSSR count). The minimum absolute atomic E-state index is 0.0228. The van der Waals surface area contributed by atoms with Crippen molar-refractivity contribution in [2.45, 2.75) is 40.2 Å². The van der Waals surface area contributed by atoms with Gasteiger partial charge in [0.2, 0.25) is 5.91 Å². The summed E-state index contributed by atoms with van der Waals surface area (Å²) in [6.45, 7) is 7.24. The van der Waals surface area contributed by atoms with Crippen LogP contribution in [0, 0.1) is 12.8 Å². The number of aryl methyl sites for hydroxylation is 1. The summed E-state index contributed by atoms with van der Waals surface area (Å²) in [6, 6.07) is 17.4. The molecule has 0 saturated carbocycles. The normalized spacial score (nSPS) is 13.2. The monoisotopic (exact) mass is 416 g/mol. The van der Waals surface area contributed by atoms with Crippen molar-refractivity contribution < 1.29 is 14.0 Å². The Kier molecular flexibility index (Phi) is 5.94. The molecule has 0 spiro atoms. The van der Waals surface area contributed by atoms with Crippen LogP contribution in [0.1, 0.15) is 47.5 Å². The molecular formula is C26H28N2O3. The van der Waals surface area contributed by atoms with Gasteiger partial charge in [-0.1, -0.05) is 31.5 Å². The van der Waals surface area contributed by atoms with Crippen LogP contribution >= 0.6 is 0 Å². The highest BCUT2D eigenvalue weighted by Crippen LogP contribution is 2.31. The van der Waals surface area contributed by atoms with Gasteiger partial charge in [-0.05, 0) is 55.3 Å². The molecule has 0 fully saturated rings. The second-order valence-electron chi connectivity index (χ2n) is 8.63. The molecule has 1 N–H and O–H groups in total. The lowest BCUT2D eigenvalue weighted by atomic mass is 10.1. The first kappa shape index (κ1) is 20.9. The molecule has 0 atom stereocenters. The third kappa shape index (κ3) is 4.88. The molecule has 0 radical (unpaired) electrons. The molecule has 2 heterocycles. The Hall–Kier alpha value is -3.34. The van der Waals surface area contributed by atoms with Crippen LogP contribution in [0.15, 0.2) is 59.0 Å². The van der Waals surface area contributed by atoms with E-state index >= 15 is 0 Å². The van der Waals surface area contributed by atoms with Crippen LogP contribution in [0.3, 0.4) is 0 Å². The molecule has 0 saturated heterocycles. The standard InChI is InChI=1S/C26H28N2O3/c1-17(2)13-25(29)27-22-9-7-19(8-10-22)24-15-21-16-28(12-11-23(21)31-24)26(30)20-6-4-5-18(3)14-20/h4-10,14-15,17H,11-13,16H2,1-3H3,(H,27,29). The zero-order chi connectivity index (χ0) is 22.0. The fraction of sp³-hybridized carbons (Fsp3) is 0.308. The van der Waals surface area contributed by atoms with E-state index in [0.717, 1.165) is 39.5 Å². The number of carbonyl (C=O) groups excluding carboxylic acids is 2. The summed E-state index contributed by atoms with van der Waals surface area (Å²) >= 11 is 0. The van der Waals surface area contributed by atoms with Crippen LogP contribution in [0.2, 0.25) is 0 Å². The lowest BCUT2D eigenvalue weighted by Gasteiger charge is -2.26. The number of carbonyl (C=O) groups is 2. The van der Waals surface area contributed by atoms with Gasteiger partial charge in [-0.3, -0.25) is 9.59 Å². The number of amides is 2. The third-order valence-electron chi connectivity index (χ3n) is 5.47. The number of hydrogen-bond donors (Lipinski definition) is 1. The van der Waals surface area contributed by atoms with Gasteiger partial charge in [-0.25, -0.2) is 0 Å².